The van der Waals surface area contributed by atoms with E-state index in [1.165, 1.54) is 44.9 Å². The molecule has 0 aromatic carbocycles. The zero-order valence-electron chi connectivity index (χ0n) is 11.5. The van der Waals surface area contributed by atoms with Gasteiger partial charge in [-0.1, -0.05) is 51.9 Å². The second-order valence-electron chi connectivity index (χ2n) is 5.49. The molecule has 1 saturated carbocycles. The first-order chi connectivity index (χ1) is 8.74. The van der Waals surface area contributed by atoms with E-state index in [0.717, 1.165) is 29.3 Å². The van der Waals surface area contributed by atoms with Gasteiger partial charge in [0.2, 0.25) is 0 Å². The molecule has 2 nitrogen and oxygen atoms in total. The first-order valence-electron chi connectivity index (χ1n) is 7.36. The maximum Gasteiger partial charge on any atom is 0.117 e. The molecule has 98 valence electrons. The molecule has 0 spiro atoms. The highest BCUT2D eigenvalue weighted by Gasteiger charge is 2.29. The summed E-state index contributed by atoms with van der Waals surface area (Å²) < 4.78 is 0. The van der Waals surface area contributed by atoms with E-state index >= 15 is 0 Å². The Morgan fingerprint density at radius 1 is 1.00 bits per heavy atom. The van der Waals surface area contributed by atoms with Gasteiger partial charge in [0.15, 0.2) is 0 Å². The molecule has 0 bridgehead atoms. The van der Waals surface area contributed by atoms with Crippen LogP contribution in [0, 0.1) is 0 Å². The Balaban J connectivity index is 2.08. The lowest BCUT2D eigenvalue weighted by Crippen LogP contribution is -2.27. The lowest BCUT2D eigenvalue weighted by atomic mass is 9.63. The van der Waals surface area contributed by atoms with Gasteiger partial charge in [0, 0.05) is 0 Å². The van der Waals surface area contributed by atoms with Gasteiger partial charge in [-0.25, -0.2) is 0 Å². The molecule has 0 aliphatic heterocycles. The van der Waals surface area contributed by atoms with Crippen molar-refractivity contribution in [2.45, 2.75) is 76.4 Å². The minimum atomic E-state index is -0.206. The summed E-state index contributed by atoms with van der Waals surface area (Å²) in [7, 11) is 6.65. The molecule has 1 heterocycles. The SMILES string of the molecule is [B]C1(c2nnc(CC)s2)CCCCCCCCC1. The molecule has 2 radical (unpaired) electrons. The third-order valence-corrected chi connectivity index (χ3v) is 5.23. The van der Waals surface area contributed by atoms with Crippen molar-refractivity contribution in [3.8, 4) is 0 Å². The molecule has 1 fully saturated rings. The topological polar surface area (TPSA) is 25.8 Å². The molecule has 0 saturated heterocycles. The largest absolute Gasteiger partial charge is 0.144 e. The van der Waals surface area contributed by atoms with Crippen LogP contribution in [0.4, 0.5) is 0 Å². The predicted molar refractivity (Wildman–Crippen MR) is 78.3 cm³/mol. The number of hydrogen-bond donors (Lipinski definition) is 0. The fraction of sp³-hybridized carbons (Fsp3) is 0.857. The Hall–Kier alpha value is -0.375. The normalized spacial score (nSPS) is 21.6. The average molecular weight is 262 g/mol. The number of nitrogens with zero attached hydrogens (tertiary/aromatic N) is 2. The summed E-state index contributed by atoms with van der Waals surface area (Å²) in [6.45, 7) is 2.13. The van der Waals surface area contributed by atoms with E-state index in [4.69, 9.17) is 7.85 Å². The zero-order valence-corrected chi connectivity index (χ0v) is 12.3. The Labute approximate surface area is 116 Å². The van der Waals surface area contributed by atoms with Gasteiger partial charge < -0.3 is 0 Å². The van der Waals surface area contributed by atoms with Gasteiger partial charge in [0.05, 0.1) is 7.85 Å². The van der Waals surface area contributed by atoms with Gasteiger partial charge in [-0.3, -0.25) is 0 Å². The number of aromatic nitrogens is 2. The molecule has 18 heavy (non-hydrogen) atoms. The highest BCUT2D eigenvalue weighted by molar-refractivity contribution is 7.11. The minimum Gasteiger partial charge on any atom is -0.144 e. The van der Waals surface area contributed by atoms with Crippen molar-refractivity contribution >= 4 is 19.2 Å². The Morgan fingerprint density at radius 2 is 1.56 bits per heavy atom. The number of aryl methyl sites for hydroxylation is 1. The van der Waals surface area contributed by atoms with E-state index in [1.807, 2.05) is 0 Å². The lowest BCUT2D eigenvalue weighted by Gasteiger charge is -2.28. The Kier molecular flexibility index (Phi) is 5.22. The van der Waals surface area contributed by atoms with E-state index < -0.39 is 0 Å². The monoisotopic (exact) mass is 262 g/mol. The fourth-order valence-corrected chi connectivity index (χ4v) is 3.64. The van der Waals surface area contributed by atoms with Crippen molar-refractivity contribution in [2.24, 2.45) is 0 Å². The van der Waals surface area contributed by atoms with Crippen LogP contribution in [0.15, 0.2) is 0 Å². The van der Waals surface area contributed by atoms with Crippen LogP contribution in [0.1, 0.15) is 74.7 Å². The third kappa shape index (κ3) is 3.56. The maximum absolute atomic E-state index is 6.65. The van der Waals surface area contributed by atoms with Crippen LogP contribution in [-0.4, -0.2) is 18.0 Å². The molecular formula is C14H23BN2S. The Bertz CT molecular complexity index is 354. The van der Waals surface area contributed by atoms with Gasteiger partial charge >= 0.3 is 0 Å². The predicted octanol–water partition coefficient (Wildman–Crippen LogP) is 3.99. The average Bonchev–Trinajstić information content (AvgIpc) is 2.87. The molecule has 0 amide bonds. The summed E-state index contributed by atoms with van der Waals surface area (Å²) in [6, 6.07) is 0. The second-order valence-corrected chi connectivity index (χ2v) is 6.55. The molecule has 0 unspecified atom stereocenters. The maximum atomic E-state index is 6.65. The molecule has 4 heteroatoms. The second kappa shape index (κ2) is 6.69. The highest BCUT2D eigenvalue weighted by Crippen LogP contribution is 2.35. The summed E-state index contributed by atoms with van der Waals surface area (Å²) in [5, 5.41) is 10.6. The summed E-state index contributed by atoms with van der Waals surface area (Å²) in [6.07, 6.45) is 12.4. The molecule has 0 atom stereocenters. The van der Waals surface area contributed by atoms with E-state index in [1.54, 1.807) is 11.3 Å². The Morgan fingerprint density at radius 3 is 2.06 bits per heavy atom. The van der Waals surface area contributed by atoms with Crippen molar-refractivity contribution in [3.63, 3.8) is 0 Å². The molecule has 1 aliphatic rings. The van der Waals surface area contributed by atoms with Crippen LogP contribution in [-0.2, 0) is 11.7 Å². The van der Waals surface area contributed by atoms with Crippen molar-refractivity contribution in [2.75, 3.05) is 0 Å². The van der Waals surface area contributed by atoms with Crippen LogP contribution in [0.2, 0.25) is 0 Å². The zero-order chi connectivity index (χ0) is 12.8. The lowest BCUT2D eigenvalue weighted by molar-refractivity contribution is 0.422. The van der Waals surface area contributed by atoms with Crippen molar-refractivity contribution < 1.29 is 0 Å². The molecule has 0 N–H and O–H groups in total. The molecule has 1 aromatic rings. The van der Waals surface area contributed by atoms with Crippen molar-refractivity contribution in [3.05, 3.63) is 10.0 Å². The van der Waals surface area contributed by atoms with Crippen LogP contribution in [0.3, 0.4) is 0 Å². The van der Waals surface area contributed by atoms with Gasteiger partial charge in [0.25, 0.3) is 0 Å². The van der Waals surface area contributed by atoms with Crippen LogP contribution < -0.4 is 0 Å². The first-order valence-corrected chi connectivity index (χ1v) is 8.18. The fourth-order valence-electron chi connectivity index (χ4n) is 2.70. The number of rotatable bonds is 2. The van der Waals surface area contributed by atoms with E-state index in [-0.39, 0.29) is 5.31 Å². The minimum absolute atomic E-state index is 0.206. The van der Waals surface area contributed by atoms with Gasteiger partial charge in [0.1, 0.15) is 10.0 Å². The molecule has 2 rings (SSSR count). The van der Waals surface area contributed by atoms with Gasteiger partial charge in [-0.15, -0.1) is 21.5 Å². The molecular weight excluding hydrogens is 239 g/mol. The first kappa shape index (κ1) is 14.0. The molecule has 1 aliphatic carbocycles. The van der Waals surface area contributed by atoms with Crippen LogP contribution in [0.25, 0.3) is 0 Å². The van der Waals surface area contributed by atoms with Crippen molar-refractivity contribution in [1.82, 2.24) is 10.2 Å². The van der Waals surface area contributed by atoms with Crippen LogP contribution >= 0.6 is 11.3 Å². The number of hydrogen-bond acceptors (Lipinski definition) is 3. The smallest absolute Gasteiger partial charge is 0.117 e. The summed E-state index contributed by atoms with van der Waals surface area (Å²) in [5.41, 5.74) is 0. The standard InChI is InChI=1S/C14H23BN2S/c1-2-12-16-17-13(18-12)14(15)10-8-6-4-3-5-7-9-11-14/h2-11H2,1H3. The van der Waals surface area contributed by atoms with E-state index in [9.17, 15) is 0 Å². The highest BCUT2D eigenvalue weighted by atomic mass is 32.1. The summed E-state index contributed by atoms with van der Waals surface area (Å²) in [5.74, 6) is 0. The summed E-state index contributed by atoms with van der Waals surface area (Å²) >= 11 is 1.72. The van der Waals surface area contributed by atoms with Gasteiger partial charge in [-0.2, -0.15) is 0 Å². The van der Waals surface area contributed by atoms with Gasteiger partial charge in [-0.05, 0) is 24.6 Å². The van der Waals surface area contributed by atoms with Crippen molar-refractivity contribution in [1.29, 1.82) is 0 Å². The van der Waals surface area contributed by atoms with Crippen LogP contribution in [0.5, 0.6) is 0 Å². The molecule has 1 aromatic heterocycles. The van der Waals surface area contributed by atoms with E-state index in [0.29, 0.717) is 0 Å². The third-order valence-electron chi connectivity index (χ3n) is 3.94. The quantitative estimate of drug-likeness (QED) is 0.753. The summed E-state index contributed by atoms with van der Waals surface area (Å²) in [4.78, 5) is 0. The van der Waals surface area contributed by atoms with E-state index in [2.05, 4.69) is 17.1 Å².